The van der Waals surface area contributed by atoms with E-state index in [0.717, 1.165) is 33.8 Å². The molecule has 1 heterocycles. The molecule has 0 bridgehead atoms. The molecule has 168 valence electrons. The number of aryl methyl sites for hydroxylation is 1. The molecule has 0 saturated carbocycles. The van der Waals surface area contributed by atoms with Gasteiger partial charge >= 0.3 is 0 Å². The first-order valence-electron chi connectivity index (χ1n) is 10.8. The summed E-state index contributed by atoms with van der Waals surface area (Å²) in [5.74, 6) is 1.14. The summed E-state index contributed by atoms with van der Waals surface area (Å²) in [4.78, 5) is 17.1. The van der Waals surface area contributed by atoms with Crippen LogP contribution in [0.1, 0.15) is 24.5 Å². The van der Waals surface area contributed by atoms with Crippen molar-refractivity contribution < 1.29 is 14.3 Å². The molecule has 0 saturated heterocycles. The van der Waals surface area contributed by atoms with Gasteiger partial charge in [0, 0.05) is 17.3 Å². The van der Waals surface area contributed by atoms with Crippen molar-refractivity contribution >= 4 is 39.2 Å². The van der Waals surface area contributed by atoms with E-state index in [1.165, 1.54) is 16.3 Å². The predicted octanol–water partition coefficient (Wildman–Crippen LogP) is 6.72. The van der Waals surface area contributed by atoms with Crippen molar-refractivity contribution in [2.75, 3.05) is 19.0 Å². The van der Waals surface area contributed by atoms with Gasteiger partial charge in [-0.3, -0.25) is 4.79 Å². The van der Waals surface area contributed by atoms with Crippen LogP contribution in [0.2, 0.25) is 0 Å². The molecule has 1 N–H and O–H groups in total. The highest BCUT2D eigenvalue weighted by Crippen LogP contribution is 2.31. The Hall–Kier alpha value is -3.64. The van der Waals surface area contributed by atoms with Crippen LogP contribution in [0.25, 0.3) is 26.9 Å². The smallest absolute Gasteiger partial charge is 0.248 e. The van der Waals surface area contributed by atoms with Crippen LogP contribution < -0.4 is 14.8 Å². The molecular formula is C27H26N2O3S. The van der Waals surface area contributed by atoms with Crippen LogP contribution in [0.3, 0.4) is 0 Å². The number of thiazole rings is 1. The van der Waals surface area contributed by atoms with Gasteiger partial charge in [-0.05, 0) is 79.1 Å². The molecule has 1 aromatic heterocycles. The lowest BCUT2D eigenvalue weighted by Crippen LogP contribution is -2.07. The number of fused-ring (bicyclic) bond motifs is 1. The van der Waals surface area contributed by atoms with Crippen molar-refractivity contribution in [1.82, 2.24) is 4.98 Å². The van der Waals surface area contributed by atoms with Crippen LogP contribution >= 0.6 is 11.3 Å². The molecule has 3 aromatic carbocycles. The molecule has 0 atom stereocenters. The van der Waals surface area contributed by atoms with Gasteiger partial charge in [0.1, 0.15) is 5.01 Å². The minimum Gasteiger partial charge on any atom is -0.493 e. The highest BCUT2D eigenvalue weighted by molar-refractivity contribution is 7.21. The van der Waals surface area contributed by atoms with Crippen molar-refractivity contribution in [3.63, 3.8) is 0 Å². The van der Waals surface area contributed by atoms with Crippen LogP contribution in [0.4, 0.5) is 5.69 Å². The lowest BCUT2D eigenvalue weighted by Gasteiger charge is -2.10. The first-order chi connectivity index (χ1) is 16.1. The molecule has 0 aliphatic heterocycles. The van der Waals surface area contributed by atoms with Crippen LogP contribution in [-0.2, 0) is 4.79 Å². The fourth-order valence-electron chi connectivity index (χ4n) is 3.33. The number of nitrogens with zero attached hydrogens (tertiary/aromatic N) is 1. The minimum absolute atomic E-state index is 0.205. The lowest BCUT2D eigenvalue weighted by atomic mass is 10.2. The van der Waals surface area contributed by atoms with Crippen molar-refractivity contribution in [2.24, 2.45) is 0 Å². The van der Waals surface area contributed by atoms with E-state index in [1.807, 2.05) is 48.5 Å². The van der Waals surface area contributed by atoms with E-state index < -0.39 is 0 Å². The zero-order chi connectivity index (χ0) is 23.2. The zero-order valence-electron chi connectivity index (χ0n) is 18.9. The van der Waals surface area contributed by atoms with Crippen LogP contribution in [0, 0.1) is 6.92 Å². The lowest BCUT2D eigenvalue weighted by molar-refractivity contribution is -0.111. The van der Waals surface area contributed by atoms with Crippen LogP contribution in [-0.4, -0.2) is 24.6 Å². The number of nitrogens with one attached hydrogen (secondary N) is 1. The van der Waals surface area contributed by atoms with Crippen molar-refractivity contribution in [1.29, 1.82) is 0 Å². The molecule has 4 rings (SSSR count). The van der Waals surface area contributed by atoms with Gasteiger partial charge in [-0.25, -0.2) is 4.98 Å². The number of hydrogen-bond donors (Lipinski definition) is 1. The van der Waals surface area contributed by atoms with Crippen molar-refractivity contribution in [2.45, 2.75) is 20.3 Å². The average Bonchev–Trinajstić information content (AvgIpc) is 3.25. The Labute approximate surface area is 197 Å². The number of aromatic nitrogens is 1. The Morgan fingerprint density at radius 3 is 2.64 bits per heavy atom. The number of methoxy groups -OCH3 is 1. The number of hydrogen-bond acceptors (Lipinski definition) is 5. The van der Waals surface area contributed by atoms with E-state index >= 15 is 0 Å². The second-order valence-corrected chi connectivity index (χ2v) is 8.68. The Morgan fingerprint density at radius 2 is 1.88 bits per heavy atom. The molecule has 0 unspecified atom stereocenters. The van der Waals surface area contributed by atoms with Gasteiger partial charge < -0.3 is 14.8 Å². The molecule has 0 fully saturated rings. The van der Waals surface area contributed by atoms with E-state index in [9.17, 15) is 4.79 Å². The number of carbonyl (C=O) groups excluding carboxylic acids is 1. The number of anilines is 1. The Kier molecular flexibility index (Phi) is 7.05. The van der Waals surface area contributed by atoms with E-state index in [1.54, 1.807) is 24.5 Å². The molecule has 4 aromatic rings. The third-order valence-electron chi connectivity index (χ3n) is 5.02. The number of benzene rings is 3. The summed E-state index contributed by atoms with van der Waals surface area (Å²) in [6, 6.07) is 19.6. The van der Waals surface area contributed by atoms with E-state index in [0.29, 0.717) is 18.1 Å². The summed E-state index contributed by atoms with van der Waals surface area (Å²) in [5.41, 5.74) is 4.84. The quantitative estimate of drug-likeness (QED) is 0.298. The van der Waals surface area contributed by atoms with Gasteiger partial charge in [0.25, 0.3) is 0 Å². The highest BCUT2D eigenvalue weighted by Gasteiger charge is 2.08. The maximum atomic E-state index is 12.4. The monoisotopic (exact) mass is 458 g/mol. The van der Waals surface area contributed by atoms with Crippen molar-refractivity contribution in [3.8, 4) is 22.1 Å². The second-order valence-electron chi connectivity index (χ2n) is 7.65. The summed E-state index contributed by atoms with van der Waals surface area (Å²) < 4.78 is 12.2. The van der Waals surface area contributed by atoms with Gasteiger partial charge in [-0.15, -0.1) is 11.3 Å². The molecule has 0 spiro atoms. The van der Waals surface area contributed by atoms with Crippen molar-refractivity contribution in [3.05, 3.63) is 77.9 Å². The maximum Gasteiger partial charge on any atom is 0.248 e. The first kappa shape index (κ1) is 22.6. The van der Waals surface area contributed by atoms with Gasteiger partial charge in [0.2, 0.25) is 5.91 Å². The Bertz CT molecular complexity index is 1290. The highest BCUT2D eigenvalue weighted by atomic mass is 32.1. The Morgan fingerprint density at radius 1 is 1.06 bits per heavy atom. The molecule has 6 heteroatoms. The Balaban J connectivity index is 1.40. The number of amides is 1. The molecular weight excluding hydrogens is 432 g/mol. The normalized spacial score (nSPS) is 11.1. The maximum absolute atomic E-state index is 12.4. The van der Waals surface area contributed by atoms with E-state index in [4.69, 9.17) is 14.5 Å². The third kappa shape index (κ3) is 5.59. The molecule has 0 aliphatic carbocycles. The fourth-order valence-corrected chi connectivity index (χ4v) is 4.40. The van der Waals surface area contributed by atoms with Crippen LogP contribution in [0.15, 0.2) is 66.7 Å². The largest absolute Gasteiger partial charge is 0.493 e. The van der Waals surface area contributed by atoms with Crippen LogP contribution in [0.5, 0.6) is 11.5 Å². The van der Waals surface area contributed by atoms with E-state index in [-0.39, 0.29) is 5.91 Å². The second kappa shape index (κ2) is 10.3. The summed E-state index contributed by atoms with van der Waals surface area (Å²) in [6.45, 7) is 4.76. The molecule has 1 amide bonds. The first-order valence-corrected chi connectivity index (χ1v) is 11.6. The van der Waals surface area contributed by atoms with E-state index in [2.05, 4.69) is 31.3 Å². The molecule has 0 radical (unpaired) electrons. The SMILES string of the molecule is CCCOc1ccc(C=CC(=O)Nc2ccc(-c3nc4ccc(C)cc4s3)cc2)cc1OC. The molecule has 33 heavy (non-hydrogen) atoms. The molecule has 0 aliphatic rings. The number of carbonyl (C=O) groups is 1. The number of rotatable bonds is 8. The summed E-state index contributed by atoms with van der Waals surface area (Å²) in [6.07, 6.45) is 4.18. The summed E-state index contributed by atoms with van der Waals surface area (Å²) in [5, 5.41) is 3.86. The summed E-state index contributed by atoms with van der Waals surface area (Å²) >= 11 is 1.67. The molecule has 5 nitrogen and oxygen atoms in total. The predicted molar refractivity (Wildman–Crippen MR) is 136 cm³/mol. The topological polar surface area (TPSA) is 60.5 Å². The summed E-state index contributed by atoms with van der Waals surface area (Å²) in [7, 11) is 1.60. The standard InChI is InChI=1S/C27H26N2O3S/c1-4-15-32-23-13-6-19(17-24(23)31-3)7-14-26(30)28-21-10-8-20(9-11-21)27-29-22-12-5-18(2)16-25(22)33-27/h5-14,16-17H,4,15H2,1-3H3,(H,28,30). The zero-order valence-corrected chi connectivity index (χ0v) is 19.7. The third-order valence-corrected chi connectivity index (χ3v) is 6.09. The minimum atomic E-state index is -0.205. The van der Waals surface area contributed by atoms with Gasteiger partial charge in [0.05, 0.1) is 23.9 Å². The fraction of sp³-hybridized carbons (Fsp3) is 0.185. The van der Waals surface area contributed by atoms with Gasteiger partial charge in [0.15, 0.2) is 11.5 Å². The van der Waals surface area contributed by atoms with Gasteiger partial charge in [-0.2, -0.15) is 0 Å². The number of ether oxygens (including phenoxy) is 2. The van der Waals surface area contributed by atoms with Gasteiger partial charge in [-0.1, -0.05) is 19.1 Å². The average molecular weight is 459 g/mol.